The first kappa shape index (κ1) is 14.0. The van der Waals surface area contributed by atoms with Gasteiger partial charge in [-0.05, 0) is 17.0 Å². The van der Waals surface area contributed by atoms with Gasteiger partial charge in [-0.2, -0.15) is 0 Å². The van der Waals surface area contributed by atoms with Gasteiger partial charge in [0.25, 0.3) is 0 Å². The van der Waals surface area contributed by atoms with Crippen LogP contribution in [0.1, 0.15) is 18.1 Å². The van der Waals surface area contributed by atoms with Crippen molar-refractivity contribution >= 4 is 5.97 Å². The van der Waals surface area contributed by atoms with Crippen LogP contribution in [0.2, 0.25) is 0 Å². The Labute approximate surface area is 114 Å². The van der Waals surface area contributed by atoms with Gasteiger partial charge in [0, 0.05) is 26.7 Å². The molecule has 1 aromatic carbocycles. The molecule has 1 heterocycles. The molecule has 1 saturated heterocycles. The Morgan fingerprint density at radius 3 is 2.79 bits per heavy atom. The van der Waals surface area contributed by atoms with Crippen molar-refractivity contribution in [3.8, 4) is 0 Å². The summed E-state index contributed by atoms with van der Waals surface area (Å²) in [7, 11) is 1.69. The molecule has 0 radical (unpaired) electrons. The van der Waals surface area contributed by atoms with E-state index in [1.54, 1.807) is 7.11 Å². The lowest BCUT2D eigenvalue weighted by atomic mass is 9.99. The van der Waals surface area contributed by atoms with Crippen molar-refractivity contribution in [2.75, 3.05) is 20.2 Å². The number of rotatable bonds is 5. The first-order chi connectivity index (χ1) is 9.10. The van der Waals surface area contributed by atoms with Crippen molar-refractivity contribution in [3.05, 3.63) is 35.4 Å². The third-order valence-electron chi connectivity index (χ3n) is 3.71. The maximum atomic E-state index is 11.1. The molecule has 1 aromatic rings. The molecule has 1 fully saturated rings. The van der Waals surface area contributed by atoms with Gasteiger partial charge in [0.2, 0.25) is 0 Å². The smallest absolute Gasteiger partial charge is 0.308 e. The Balaban J connectivity index is 1.98. The van der Waals surface area contributed by atoms with Gasteiger partial charge in [-0.25, -0.2) is 0 Å². The number of aliphatic carboxylic acids is 1. The van der Waals surface area contributed by atoms with E-state index in [1.165, 1.54) is 5.56 Å². The minimum Gasteiger partial charge on any atom is -0.481 e. The van der Waals surface area contributed by atoms with Crippen molar-refractivity contribution in [3.63, 3.8) is 0 Å². The number of nitrogens with zero attached hydrogens (tertiary/aromatic N) is 1. The molecule has 1 aliphatic rings. The summed E-state index contributed by atoms with van der Waals surface area (Å²) in [5.74, 6) is -0.690. The van der Waals surface area contributed by atoms with Gasteiger partial charge < -0.3 is 9.84 Å². The van der Waals surface area contributed by atoms with E-state index in [9.17, 15) is 4.79 Å². The third kappa shape index (κ3) is 3.55. The Bertz CT molecular complexity index is 447. The minimum atomic E-state index is -0.678. The first-order valence-corrected chi connectivity index (χ1v) is 6.62. The molecule has 2 atom stereocenters. The zero-order chi connectivity index (χ0) is 13.8. The molecule has 0 amide bonds. The third-order valence-corrected chi connectivity index (χ3v) is 3.71. The highest BCUT2D eigenvalue weighted by molar-refractivity contribution is 5.71. The van der Waals surface area contributed by atoms with E-state index in [2.05, 4.69) is 17.0 Å². The average molecular weight is 263 g/mol. The van der Waals surface area contributed by atoms with Crippen LogP contribution in [-0.4, -0.2) is 36.2 Å². The van der Waals surface area contributed by atoms with Gasteiger partial charge in [-0.15, -0.1) is 0 Å². The standard InChI is InChI=1S/C15H21NO3/c1-11-7-16(9-14(11)15(17)18)8-12-4-3-5-13(6-12)10-19-2/h3-6,11,14H,7-10H2,1-2H3,(H,17,18)/t11-,14-/m1/s1. The van der Waals surface area contributed by atoms with Gasteiger partial charge >= 0.3 is 5.97 Å². The zero-order valence-corrected chi connectivity index (χ0v) is 11.5. The average Bonchev–Trinajstić information content (AvgIpc) is 2.71. The van der Waals surface area contributed by atoms with E-state index in [0.29, 0.717) is 13.2 Å². The lowest BCUT2D eigenvalue weighted by Crippen LogP contribution is -2.23. The summed E-state index contributed by atoms with van der Waals surface area (Å²) in [5.41, 5.74) is 2.37. The van der Waals surface area contributed by atoms with Crippen LogP contribution < -0.4 is 0 Å². The quantitative estimate of drug-likeness (QED) is 0.882. The second-order valence-corrected chi connectivity index (χ2v) is 5.37. The molecular weight excluding hydrogens is 242 g/mol. The first-order valence-electron chi connectivity index (χ1n) is 6.62. The van der Waals surface area contributed by atoms with Crippen molar-refractivity contribution in [1.29, 1.82) is 0 Å². The molecule has 0 saturated carbocycles. The Kier molecular flexibility index (Phi) is 4.56. The van der Waals surface area contributed by atoms with Crippen LogP contribution in [0.15, 0.2) is 24.3 Å². The van der Waals surface area contributed by atoms with E-state index >= 15 is 0 Å². The van der Waals surface area contributed by atoms with Gasteiger partial charge in [-0.3, -0.25) is 9.69 Å². The fourth-order valence-corrected chi connectivity index (χ4v) is 2.76. The van der Waals surface area contributed by atoms with E-state index in [4.69, 9.17) is 9.84 Å². The predicted octanol–water partition coefficient (Wildman–Crippen LogP) is 1.99. The topological polar surface area (TPSA) is 49.8 Å². The molecule has 4 heteroatoms. The van der Waals surface area contributed by atoms with E-state index in [-0.39, 0.29) is 11.8 Å². The number of carboxylic acids is 1. The number of carbonyl (C=O) groups is 1. The summed E-state index contributed by atoms with van der Waals surface area (Å²) in [4.78, 5) is 13.3. The predicted molar refractivity (Wildman–Crippen MR) is 72.7 cm³/mol. The molecule has 0 aromatic heterocycles. The maximum Gasteiger partial charge on any atom is 0.308 e. The molecule has 2 rings (SSSR count). The van der Waals surface area contributed by atoms with E-state index < -0.39 is 5.97 Å². The number of ether oxygens (including phenoxy) is 1. The molecule has 4 nitrogen and oxygen atoms in total. The summed E-state index contributed by atoms with van der Waals surface area (Å²) in [6, 6.07) is 8.28. The number of benzene rings is 1. The number of methoxy groups -OCH3 is 1. The summed E-state index contributed by atoms with van der Waals surface area (Å²) >= 11 is 0. The number of likely N-dealkylation sites (tertiary alicyclic amines) is 1. The van der Waals surface area contributed by atoms with Crippen LogP contribution in [0.5, 0.6) is 0 Å². The van der Waals surface area contributed by atoms with Crippen LogP contribution in [0, 0.1) is 11.8 Å². The number of hydrogen-bond acceptors (Lipinski definition) is 3. The molecule has 0 unspecified atom stereocenters. The maximum absolute atomic E-state index is 11.1. The van der Waals surface area contributed by atoms with Crippen LogP contribution in [0.25, 0.3) is 0 Å². The Morgan fingerprint density at radius 1 is 1.42 bits per heavy atom. The van der Waals surface area contributed by atoms with E-state index in [0.717, 1.165) is 18.7 Å². The van der Waals surface area contributed by atoms with Crippen LogP contribution in [-0.2, 0) is 22.7 Å². The van der Waals surface area contributed by atoms with Crippen LogP contribution >= 0.6 is 0 Å². The normalized spacial score (nSPS) is 23.7. The Hall–Kier alpha value is -1.39. The monoisotopic (exact) mass is 263 g/mol. The molecule has 104 valence electrons. The summed E-state index contributed by atoms with van der Waals surface area (Å²) in [5, 5.41) is 9.14. The van der Waals surface area contributed by atoms with E-state index in [1.807, 2.05) is 19.1 Å². The summed E-state index contributed by atoms with van der Waals surface area (Å²) < 4.78 is 5.13. The fraction of sp³-hybridized carbons (Fsp3) is 0.533. The van der Waals surface area contributed by atoms with Gasteiger partial charge in [0.05, 0.1) is 12.5 Å². The highest BCUT2D eigenvalue weighted by Gasteiger charge is 2.34. The van der Waals surface area contributed by atoms with Crippen molar-refractivity contribution in [1.82, 2.24) is 4.90 Å². The molecule has 0 spiro atoms. The fourth-order valence-electron chi connectivity index (χ4n) is 2.76. The van der Waals surface area contributed by atoms with Gasteiger partial charge in [-0.1, -0.05) is 31.2 Å². The lowest BCUT2D eigenvalue weighted by molar-refractivity contribution is -0.142. The number of carboxylic acid groups (broad SMARTS) is 1. The van der Waals surface area contributed by atoms with Crippen molar-refractivity contribution < 1.29 is 14.6 Å². The number of hydrogen-bond donors (Lipinski definition) is 1. The van der Waals surface area contributed by atoms with Crippen molar-refractivity contribution in [2.24, 2.45) is 11.8 Å². The molecular formula is C15H21NO3. The molecule has 0 bridgehead atoms. The largest absolute Gasteiger partial charge is 0.481 e. The summed E-state index contributed by atoms with van der Waals surface area (Å²) in [6.45, 7) is 4.93. The SMILES string of the molecule is COCc1cccc(CN2C[C@@H](C)[C@H](C(=O)O)C2)c1. The van der Waals surface area contributed by atoms with Gasteiger partial charge in [0.15, 0.2) is 0 Å². The molecule has 19 heavy (non-hydrogen) atoms. The van der Waals surface area contributed by atoms with Crippen molar-refractivity contribution in [2.45, 2.75) is 20.1 Å². The Morgan fingerprint density at radius 2 is 2.16 bits per heavy atom. The van der Waals surface area contributed by atoms with Crippen LogP contribution in [0.3, 0.4) is 0 Å². The molecule has 1 aliphatic heterocycles. The second kappa shape index (κ2) is 6.17. The van der Waals surface area contributed by atoms with Crippen LogP contribution in [0.4, 0.5) is 0 Å². The highest BCUT2D eigenvalue weighted by atomic mass is 16.5. The second-order valence-electron chi connectivity index (χ2n) is 5.37. The van der Waals surface area contributed by atoms with Gasteiger partial charge in [0.1, 0.15) is 0 Å². The summed E-state index contributed by atoms with van der Waals surface area (Å²) in [6.07, 6.45) is 0. The molecule has 1 N–H and O–H groups in total. The lowest BCUT2D eigenvalue weighted by Gasteiger charge is -2.15. The zero-order valence-electron chi connectivity index (χ0n) is 11.5. The highest BCUT2D eigenvalue weighted by Crippen LogP contribution is 2.24. The minimum absolute atomic E-state index is 0.222. The molecule has 0 aliphatic carbocycles.